The zero-order valence-corrected chi connectivity index (χ0v) is 14.1. The fourth-order valence-corrected chi connectivity index (χ4v) is 5.08. The lowest BCUT2D eigenvalue weighted by Gasteiger charge is -2.35. The van der Waals surface area contributed by atoms with E-state index >= 15 is 0 Å². The van der Waals surface area contributed by atoms with Gasteiger partial charge in [-0.25, -0.2) is 8.42 Å². The summed E-state index contributed by atoms with van der Waals surface area (Å²) in [5.74, 6) is -0.161. The van der Waals surface area contributed by atoms with E-state index in [-0.39, 0.29) is 12.4 Å². The molecule has 122 valence electrons. The standard InChI is InChI=1S/C17H18ClNO3S/c18-16-8-4-2-6-14(16)12-23(21,22)19-10-9-13-5-1-3-7-15(13)17(19)11-20/h1-8,17,20H,9-12H2/t17-/m1/s1. The molecule has 2 aromatic carbocycles. The Morgan fingerprint density at radius 3 is 2.57 bits per heavy atom. The summed E-state index contributed by atoms with van der Waals surface area (Å²) in [6.07, 6.45) is 0.647. The van der Waals surface area contributed by atoms with E-state index < -0.39 is 16.1 Å². The number of halogens is 1. The zero-order chi connectivity index (χ0) is 16.4. The van der Waals surface area contributed by atoms with Gasteiger partial charge in [0.15, 0.2) is 0 Å². The third-order valence-corrected chi connectivity index (χ3v) is 6.39. The average molecular weight is 352 g/mol. The lowest BCUT2D eigenvalue weighted by atomic mass is 9.95. The maximum atomic E-state index is 12.8. The highest BCUT2D eigenvalue weighted by atomic mass is 35.5. The van der Waals surface area contributed by atoms with Crippen LogP contribution in [0.15, 0.2) is 48.5 Å². The van der Waals surface area contributed by atoms with Crippen LogP contribution in [0.3, 0.4) is 0 Å². The van der Waals surface area contributed by atoms with Crippen LogP contribution in [0.5, 0.6) is 0 Å². The molecular weight excluding hydrogens is 334 g/mol. The van der Waals surface area contributed by atoms with E-state index in [0.717, 1.165) is 11.1 Å². The van der Waals surface area contributed by atoms with E-state index in [0.29, 0.717) is 23.6 Å². The van der Waals surface area contributed by atoms with Crippen LogP contribution >= 0.6 is 11.6 Å². The molecule has 1 heterocycles. The highest BCUT2D eigenvalue weighted by Crippen LogP contribution is 2.33. The monoisotopic (exact) mass is 351 g/mol. The molecule has 1 atom stereocenters. The molecule has 0 bridgehead atoms. The molecule has 1 aliphatic rings. The van der Waals surface area contributed by atoms with Crippen molar-refractivity contribution in [3.05, 3.63) is 70.2 Å². The molecule has 0 saturated carbocycles. The van der Waals surface area contributed by atoms with Gasteiger partial charge in [-0.05, 0) is 29.2 Å². The maximum absolute atomic E-state index is 12.8. The molecule has 0 fully saturated rings. The molecule has 0 amide bonds. The number of aliphatic hydroxyl groups excluding tert-OH is 1. The molecule has 6 heteroatoms. The Morgan fingerprint density at radius 2 is 1.83 bits per heavy atom. The Kier molecular flexibility index (Phi) is 4.73. The third-order valence-electron chi connectivity index (χ3n) is 4.19. The van der Waals surface area contributed by atoms with Crippen LogP contribution in [0.1, 0.15) is 22.7 Å². The van der Waals surface area contributed by atoms with Crippen LogP contribution in [0.4, 0.5) is 0 Å². The van der Waals surface area contributed by atoms with Gasteiger partial charge in [-0.15, -0.1) is 0 Å². The fraction of sp³-hybridized carbons (Fsp3) is 0.294. The molecule has 0 unspecified atom stereocenters. The first-order valence-corrected chi connectivity index (χ1v) is 9.43. The van der Waals surface area contributed by atoms with Gasteiger partial charge in [-0.3, -0.25) is 0 Å². The van der Waals surface area contributed by atoms with Crippen molar-refractivity contribution in [3.8, 4) is 0 Å². The molecule has 23 heavy (non-hydrogen) atoms. The highest BCUT2D eigenvalue weighted by molar-refractivity contribution is 7.88. The van der Waals surface area contributed by atoms with Gasteiger partial charge in [0.25, 0.3) is 0 Å². The summed E-state index contributed by atoms with van der Waals surface area (Å²) < 4.78 is 27.1. The lowest BCUT2D eigenvalue weighted by molar-refractivity contribution is 0.180. The molecule has 2 aromatic rings. The summed E-state index contributed by atoms with van der Waals surface area (Å²) in [4.78, 5) is 0. The highest BCUT2D eigenvalue weighted by Gasteiger charge is 2.35. The Bertz CT molecular complexity index is 807. The van der Waals surface area contributed by atoms with E-state index in [1.165, 1.54) is 4.31 Å². The Hall–Kier alpha value is -1.40. The minimum absolute atomic E-state index is 0.161. The van der Waals surface area contributed by atoms with Crippen LogP contribution in [-0.2, 0) is 22.2 Å². The summed E-state index contributed by atoms with van der Waals surface area (Å²) in [5, 5.41) is 10.2. The summed E-state index contributed by atoms with van der Waals surface area (Å²) in [5.41, 5.74) is 2.55. The Morgan fingerprint density at radius 1 is 1.13 bits per heavy atom. The van der Waals surface area contributed by atoms with E-state index in [9.17, 15) is 13.5 Å². The first-order valence-electron chi connectivity index (χ1n) is 7.44. The van der Waals surface area contributed by atoms with E-state index in [1.807, 2.05) is 24.3 Å². The van der Waals surface area contributed by atoms with Gasteiger partial charge in [0.1, 0.15) is 0 Å². The fourth-order valence-electron chi connectivity index (χ4n) is 3.05. The molecular formula is C17H18ClNO3S. The van der Waals surface area contributed by atoms with Crippen LogP contribution in [0.2, 0.25) is 5.02 Å². The molecule has 0 saturated heterocycles. The zero-order valence-electron chi connectivity index (χ0n) is 12.5. The number of rotatable bonds is 4. The number of nitrogens with zero attached hydrogens (tertiary/aromatic N) is 1. The van der Waals surface area contributed by atoms with Gasteiger partial charge < -0.3 is 5.11 Å². The number of fused-ring (bicyclic) bond motifs is 1. The first kappa shape index (κ1) is 16.5. The molecule has 4 nitrogen and oxygen atoms in total. The molecule has 0 aromatic heterocycles. The van der Waals surface area contributed by atoms with Gasteiger partial charge >= 0.3 is 0 Å². The van der Waals surface area contributed by atoms with Crippen molar-refractivity contribution >= 4 is 21.6 Å². The Labute approximate surface area is 141 Å². The van der Waals surface area contributed by atoms with Crippen molar-refractivity contribution in [2.75, 3.05) is 13.2 Å². The summed E-state index contributed by atoms with van der Waals surface area (Å²) in [6, 6.07) is 14.1. The van der Waals surface area contributed by atoms with Crippen molar-refractivity contribution < 1.29 is 13.5 Å². The SMILES string of the molecule is O=S(=O)(Cc1ccccc1Cl)N1CCc2ccccc2[C@H]1CO. The van der Waals surface area contributed by atoms with Gasteiger partial charge in [0, 0.05) is 11.6 Å². The number of hydrogen-bond acceptors (Lipinski definition) is 3. The van der Waals surface area contributed by atoms with E-state index in [4.69, 9.17) is 11.6 Å². The van der Waals surface area contributed by atoms with E-state index in [1.54, 1.807) is 24.3 Å². The average Bonchev–Trinajstić information content (AvgIpc) is 2.55. The number of benzene rings is 2. The van der Waals surface area contributed by atoms with Crippen molar-refractivity contribution in [3.63, 3.8) is 0 Å². The minimum atomic E-state index is -3.57. The number of sulfonamides is 1. The largest absolute Gasteiger partial charge is 0.394 e. The maximum Gasteiger partial charge on any atom is 0.218 e. The second-order valence-electron chi connectivity index (χ2n) is 5.61. The van der Waals surface area contributed by atoms with Gasteiger partial charge in [0.2, 0.25) is 10.0 Å². The van der Waals surface area contributed by atoms with Crippen molar-refractivity contribution in [2.45, 2.75) is 18.2 Å². The first-order chi connectivity index (χ1) is 11.0. The summed E-state index contributed by atoms with van der Waals surface area (Å²) in [7, 11) is -3.57. The van der Waals surface area contributed by atoms with Crippen molar-refractivity contribution in [1.29, 1.82) is 0 Å². The van der Waals surface area contributed by atoms with Gasteiger partial charge in [-0.1, -0.05) is 54.1 Å². The third kappa shape index (κ3) is 3.28. The number of aliphatic hydroxyl groups is 1. The predicted octanol–water partition coefficient (Wildman–Crippen LogP) is 2.76. The van der Waals surface area contributed by atoms with E-state index in [2.05, 4.69) is 0 Å². The lowest BCUT2D eigenvalue weighted by Crippen LogP contribution is -2.42. The predicted molar refractivity (Wildman–Crippen MR) is 90.8 cm³/mol. The molecule has 1 aliphatic heterocycles. The molecule has 3 rings (SSSR count). The van der Waals surface area contributed by atoms with Crippen LogP contribution in [0, 0.1) is 0 Å². The van der Waals surface area contributed by atoms with Crippen LogP contribution in [0.25, 0.3) is 0 Å². The number of hydrogen-bond donors (Lipinski definition) is 1. The summed E-state index contributed by atoms with van der Waals surface area (Å²) in [6.45, 7) is 0.133. The molecule has 0 radical (unpaired) electrons. The minimum Gasteiger partial charge on any atom is -0.394 e. The summed E-state index contributed by atoms with van der Waals surface area (Å²) >= 11 is 6.09. The molecule has 0 aliphatic carbocycles. The van der Waals surface area contributed by atoms with Gasteiger partial charge in [0.05, 0.1) is 18.4 Å². The smallest absolute Gasteiger partial charge is 0.218 e. The van der Waals surface area contributed by atoms with Gasteiger partial charge in [-0.2, -0.15) is 4.31 Å². The Balaban J connectivity index is 1.93. The molecule has 0 spiro atoms. The van der Waals surface area contributed by atoms with Crippen LogP contribution < -0.4 is 0 Å². The topological polar surface area (TPSA) is 57.6 Å². The van der Waals surface area contributed by atoms with Crippen LogP contribution in [-0.4, -0.2) is 31.0 Å². The second kappa shape index (κ2) is 6.61. The normalized spacial score (nSPS) is 18.6. The van der Waals surface area contributed by atoms with Crippen molar-refractivity contribution in [2.24, 2.45) is 0 Å². The quantitative estimate of drug-likeness (QED) is 0.921. The van der Waals surface area contributed by atoms with Crippen molar-refractivity contribution in [1.82, 2.24) is 4.31 Å². The molecule has 1 N–H and O–H groups in total. The second-order valence-corrected chi connectivity index (χ2v) is 7.93.